The molecule has 3 rings (SSSR count). The Hall–Kier alpha value is -3.06. The van der Waals surface area contributed by atoms with E-state index in [2.05, 4.69) is 15.6 Å². The lowest BCUT2D eigenvalue weighted by molar-refractivity contribution is 0.0949. The number of amides is 1. The Kier molecular flexibility index (Phi) is 4.81. The summed E-state index contributed by atoms with van der Waals surface area (Å²) in [5.74, 6) is -1.04. The number of fused-ring (bicyclic) bond motifs is 1. The van der Waals surface area contributed by atoms with Gasteiger partial charge in [0.05, 0.1) is 16.1 Å². The molecular formula is C18H14ClFN4O2. The van der Waals surface area contributed by atoms with E-state index in [0.717, 1.165) is 4.68 Å². The molecule has 3 aromatic rings. The van der Waals surface area contributed by atoms with Crippen LogP contribution in [0.25, 0.3) is 10.8 Å². The van der Waals surface area contributed by atoms with Crippen LogP contribution in [0.1, 0.15) is 23.0 Å². The van der Waals surface area contributed by atoms with Crippen LogP contribution in [0.3, 0.4) is 0 Å². The molecule has 0 bridgehead atoms. The summed E-state index contributed by atoms with van der Waals surface area (Å²) in [4.78, 5) is 24.6. The van der Waals surface area contributed by atoms with E-state index >= 15 is 0 Å². The minimum atomic E-state index is -0.575. The standard InChI is InChI=1S/C18H14ClFN4O2/c1-10(12-8-7-11(20)9-15(12)19)21-22-17(25)16-13-5-3-4-6-14(13)18(26)24(2)23-16/h3-9H,1-2H3,(H,22,25)/b21-10-. The highest BCUT2D eigenvalue weighted by Crippen LogP contribution is 2.18. The van der Waals surface area contributed by atoms with Gasteiger partial charge < -0.3 is 0 Å². The monoisotopic (exact) mass is 372 g/mol. The zero-order chi connectivity index (χ0) is 18.8. The number of carbonyl (C=O) groups is 1. The third-order valence-electron chi connectivity index (χ3n) is 3.82. The van der Waals surface area contributed by atoms with E-state index < -0.39 is 11.7 Å². The Morgan fingerprint density at radius 3 is 2.62 bits per heavy atom. The zero-order valence-electron chi connectivity index (χ0n) is 14.0. The molecule has 0 spiro atoms. The molecule has 1 N–H and O–H groups in total. The van der Waals surface area contributed by atoms with E-state index in [1.807, 2.05) is 0 Å². The van der Waals surface area contributed by atoms with Crippen LogP contribution in [0, 0.1) is 5.82 Å². The van der Waals surface area contributed by atoms with Crippen molar-refractivity contribution in [2.45, 2.75) is 6.92 Å². The molecule has 0 radical (unpaired) electrons. The van der Waals surface area contributed by atoms with Gasteiger partial charge in [0, 0.05) is 18.0 Å². The zero-order valence-corrected chi connectivity index (χ0v) is 14.7. The van der Waals surface area contributed by atoms with Gasteiger partial charge in [0.25, 0.3) is 11.5 Å². The molecule has 0 atom stereocenters. The van der Waals surface area contributed by atoms with Gasteiger partial charge in [-0.3, -0.25) is 9.59 Å². The van der Waals surface area contributed by atoms with Crippen molar-refractivity contribution in [3.8, 4) is 0 Å². The van der Waals surface area contributed by atoms with E-state index in [4.69, 9.17) is 11.6 Å². The summed E-state index contributed by atoms with van der Waals surface area (Å²) in [6, 6.07) is 10.6. The first-order valence-corrected chi connectivity index (χ1v) is 8.02. The molecule has 0 aliphatic heterocycles. The van der Waals surface area contributed by atoms with Gasteiger partial charge in [0.2, 0.25) is 0 Å². The molecule has 2 aromatic carbocycles. The molecule has 1 aromatic heterocycles. The predicted molar refractivity (Wildman–Crippen MR) is 98.1 cm³/mol. The first-order valence-electron chi connectivity index (χ1n) is 7.64. The van der Waals surface area contributed by atoms with E-state index in [-0.39, 0.29) is 16.3 Å². The first kappa shape index (κ1) is 17.8. The van der Waals surface area contributed by atoms with Crippen LogP contribution in [0.5, 0.6) is 0 Å². The van der Waals surface area contributed by atoms with Gasteiger partial charge in [-0.15, -0.1) is 0 Å². The van der Waals surface area contributed by atoms with Gasteiger partial charge in [0.15, 0.2) is 5.69 Å². The van der Waals surface area contributed by atoms with Crippen LogP contribution in [0.4, 0.5) is 4.39 Å². The predicted octanol–water partition coefficient (Wildman–Crippen LogP) is 2.88. The number of hydrogen-bond donors (Lipinski definition) is 1. The van der Waals surface area contributed by atoms with Crippen molar-refractivity contribution in [2.24, 2.45) is 12.1 Å². The molecule has 0 unspecified atom stereocenters. The topological polar surface area (TPSA) is 76.3 Å². The number of rotatable bonds is 3. The molecule has 0 aliphatic carbocycles. The van der Waals surface area contributed by atoms with E-state index in [1.54, 1.807) is 31.2 Å². The molecule has 6 nitrogen and oxygen atoms in total. The second-order valence-corrected chi connectivity index (χ2v) is 5.99. The molecular weight excluding hydrogens is 359 g/mol. The molecule has 0 fully saturated rings. The van der Waals surface area contributed by atoms with Crippen LogP contribution in [-0.4, -0.2) is 21.4 Å². The number of aromatic nitrogens is 2. The maximum atomic E-state index is 13.1. The maximum Gasteiger partial charge on any atom is 0.292 e. The lowest BCUT2D eigenvalue weighted by atomic mass is 10.1. The Morgan fingerprint density at radius 2 is 1.92 bits per heavy atom. The normalized spacial score (nSPS) is 11.6. The molecule has 1 heterocycles. The highest BCUT2D eigenvalue weighted by molar-refractivity contribution is 6.34. The number of hydrazone groups is 1. The van der Waals surface area contributed by atoms with Crippen LogP contribution >= 0.6 is 11.6 Å². The number of halogens is 2. The van der Waals surface area contributed by atoms with Crippen molar-refractivity contribution in [3.05, 3.63) is 74.9 Å². The minimum absolute atomic E-state index is 0.0736. The van der Waals surface area contributed by atoms with Crippen LogP contribution in [0.15, 0.2) is 52.4 Å². The van der Waals surface area contributed by atoms with E-state index in [0.29, 0.717) is 22.0 Å². The summed E-state index contributed by atoms with van der Waals surface area (Å²) in [7, 11) is 1.47. The average Bonchev–Trinajstić information content (AvgIpc) is 2.62. The molecule has 1 amide bonds. The third-order valence-corrected chi connectivity index (χ3v) is 4.13. The number of carbonyl (C=O) groups excluding carboxylic acids is 1. The second-order valence-electron chi connectivity index (χ2n) is 5.59. The average molecular weight is 373 g/mol. The SMILES string of the molecule is C/C(=N/NC(=O)c1nn(C)c(=O)c2ccccc12)c1ccc(F)cc1Cl. The van der Waals surface area contributed by atoms with Crippen molar-refractivity contribution in [3.63, 3.8) is 0 Å². The largest absolute Gasteiger partial charge is 0.292 e. The molecule has 0 saturated carbocycles. The number of hydrogen-bond acceptors (Lipinski definition) is 4. The fourth-order valence-corrected chi connectivity index (χ4v) is 2.80. The van der Waals surface area contributed by atoms with Crippen LogP contribution < -0.4 is 11.0 Å². The molecule has 0 aliphatic rings. The Bertz CT molecular complexity index is 1110. The third kappa shape index (κ3) is 3.34. The van der Waals surface area contributed by atoms with Gasteiger partial charge >= 0.3 is 0 Å². The van der Waals surface area contributed by atoms with Crippen molar-refractivity contribution in [2.75, 3.05) is 0 Å². The summed E-state index contributed by atoms with van der Waals surface area (Å²) >= 11 is 5.99. The fraction of sp³-hybridized carbons (Fsp3) is 0.111. The van der Waals surface area contributed by atoms with Gasteiger partial charge in [-0.25, -0.2) is 14.5 Å². The van der Waals surface area contributed by atoms with Gasteiger partial charge in [-0.1, -0.05) is 29.8 Å². The van der Waals surface area contributed by atoms with Gasteiger partial charge in [-0.05, 0) is 31.2 Å². The summed E-state index contributed by atoms with van der Waals surface area (Å²) in [5, 5.41) is 9.03. The highest BCUT2D eigenvalue weighted by atomic mass is 35.5. The summed E-state index contributed by atoms with van der Waals surface area (Å²) in [6.07, 6.45) is 0. The van der Waals surface area contributed by atoms with Gasteiger partial charge in [-0.2, -0.15) is 10.2 Å². The number of benzene rings is 2. The minimum Gasteiger partial charge on any atom is -0.267 e. The highest BCUT2D eigenvalue weighted by Gasteiger charge is 2.15. The summed E-state index contributed by atoms with van der Waals surface area (Å²) in [5.41, 5.74) is 3.07. The van der Waals surface area contributed by atoms with Crippen molar-refractivity contribution < 1.29 is 9.18 Å². The van der Waals surface area contributed by atoms with E-state index in [1.165, 1.54) is 25.2 Å². The van der Waals surface area contributed by atoms with Crippen molar-refractivity contribution in [1.82, 2.24) is 15.2 Å². The summed E-state index contributed by atoms with van der Waals surface area (Å²) < 4.78 is 14.2. The van der Waals surface area contributed by atoms with Crippen LogP contribution in [0.2, 0.25) is 5.02 Å². The molecule has 132 valence electrons. The second kappa shape index (κ2) is 7.05. The fourth-order valence-electron chi connectivity index (χ4n) is 2.50. The van der Waals surface area contributed by atoms with Crippen molar-refractivity contribution in [1.29, 1.82) is 0 Å². The lowest BCUT2D eigenvalue weighted by Gasteiger charge is -2.08. The lowest BCUT2D eigenvalue weighted by Crippen LogP contribution is -2.27. The molecule has 0 saturated heterocycles. The smallest absolute Gasteiger partial charge is 0.267 e. The Balaban J connectivity index is 1.95. The number of nitrogens with one attached hydrogen (secondary N) is 1. The molecule has 26 heavy (non-hydrogen) atoms. The first-order chi connectivity index (χ1) is 12.4. The Labute approximate surface area is 152 Å². The van der Waals surface area contributed by atoms with Gasteiger partial charge in [0.1, 0.15) is 5.82 Å². The van der Waals surface area contributed by atoms with Crippen molar-refractivity contribution >= 4 is 34.0 Å². The quantitative estimate of drug-likeness (QED) is 0.567. The summed E-state index contributed by atoms with van der Waals surface area (Å²) in [6.45, 7) is 1.63. The Morgan fingerprint density at radius 1 is 1.23 bits per heavy atom. The van der Waals surface area contributed by atoms with E-state index in [9.17, 15) is 14.0 Å². The van der Waals surface area contributed by atoms with Crippen LogP contribution in [-0.2, 0) is 7.05 Å². The maximum absolute atomic E-state index is 13.1. The molecule has 8 heteroatoms. The number of aryl methyl sites for hydroxylation is 1. The number of nitrogens with zero attached hydrogens (tertiary/aromatic N) is 3.